The maximum atomic E-state index is 12.8. The van der Waals surface area contributed by atoms with Gasteiger partial charge < -0.3 is 5.32 Å². The molecule has 0 unspecified atom stereocenters. The van der Waals surface area contributed by atoms with Crippen molar-refractivity contribution in [1.29, 1.82) is 0 Å². The van der Waals surface area contributed by atoms with Crippen LogP contribution in [0.3, 0.4) is 0 Å². The van der Waals surface area contributed by atoms with Crippen LogP contribution >= 0.6 is 0 Å². The first kappa shape index (κ1) is 13.2. The highest BCUT2D eigenvalue weighted by molar-refractivity contribution is 6.04. The molecule has 2 aromatic heterocycles. The van der Waals surface area contributed by atoms with Crippen molar-refractivity contribution in [1.82, 2.24) is 19.6 Å². The van der Waals surface area contributed by atoms with Crippen LogP contribution in [0, 0.1) is 19.7 Å². The highest BCUT2D eigenvalue weighted by Crippen LogP contribution is 2.13. The quantitative estimate of drug-likeness (QED) is 0.783. The number of carbonyl (C=O) groups is 1. The van der Waals surface area contributed by atoms with Crippen molar-refractivity contribution in [2.75, 3.05) is 5.32 Å². The van der Waals surface area contributed by atoms with E-state index in [0.717, 1.165) is 0 Å². The number of hydrogen-bond donors (Lipinski definition) is 1. The lowest BCUT2D eigenvalue weighted by Crippen LogP contribution is -2.15. The van der Waals surface area contributed by atoms with Crippen molar-refractivity contribution >= 4 is 17.4 Å². The molecule has 0 fully saturated rings. The van der Waals surface area contributed by atoms with E-state index in [9.17, 15) is 9.18 Å². The van der Waals surface area contributed by atoms with Crippen molar-refractivity contribution in [3.05, 3.63) is 53.4 Å². The van der Waals surface area contributed by atoms with Crippen LogP contribution in [0.15, 0.2) is 30.5 Å². The molecule has 0 spiro atoms. The average Bonchev–Trinajstić information content (AvgIpc) is 2.79. The zero-order chi connectivity index (χ0) is 15.0. The zero-order valence-corrected chi connectivity index (χ0v) is 11.5. The standard InChI is InChI=1S/C14H12FN5O/c1-8-12(7-20-14(16-8)17-9(2)19-20)13(21)18-11-5-3-10(15)4-6-11/h3-7H,1-2H3,(H,18,21). The van der Waals surface area contributed by atoms with Crippen LogP contribution in [0.25, 0.3) is 5.78 Å². The van der Waals surface area contributed by atoms with Gasteiger partial charge in [-0.3, -0.25) is 4.79 Å². The van der Waals surface area contributed by atoms with E-state index in [0.29, 0.717) is 28.5 Å². The Morgan fingerprint density at radius 2 is 1.90 bits per heavy atom. The number of nitrogens with one attached hydrogen (secondary N) is 1. The Balaban J connectivity index is 1.93. The van der Waals surface area contributed by atoms with E-state index in [2.05, 4.69) is 20.4 Å². The fraction of sp³-hybridized carbons (Fsp3) is 0.143. The molecule has 3 aromatic rings. The van der Waals surface area contributed by atoms with Crippen LogP contribution in [0.5, 0.6) is 0 Å². The molecule has 0 atom stereocenters. The van der Waals surface area contributed by atoms with Crippen molar-refractivity contribution in [2.24, 2.45) is 0 Å². The highest BCUT2D eigenvalue weighted by atomic mass is 19.1. The van der Waals surface area contributed by atoms with E-state index in [1.807, 2.05) is 0 Å². The summed E-state index contributed by atoms with van der Waals surface area (Å²) in [6.07, 6.45) is 1.58. The molecule has 0 radical (unpaired) electrons. The third kappa shape index (κ3) is 2.58. The van der Waals surface area contributed by atoms with Crippen molar-refractivity contribution < 1.29 is 9.18 Å². The monoisotopic (exact) mass is 285 g/mol. The summed E-state index contributed by atoms with van der Waals surface area (Å²) in [6.45, 7) is 3.48. The Bertz CT molecular complexity index is 825. The topological polar surface area (TPSA) is 72.2 Å². The number of benzene rings is 1. The van der Waals surface area contributed by atoms with Crippen molar-refractivity contribution in [3.8, 4) is 0 Å². The number of halogens is 1. The molecule has 7 heteroatoms. The minimum atomic E-state index is -0.356. The van der Waals surface area contributed by atoms with E-state index in [-0.39, 0.29) is 11.7 Å². The maximum absolute atomic E-state index is 12.8. The first-order valence-electron chi connectivity index (χ1n) is 6.30. The van der Waals surface area contributed by atoms with Gasteiger partial charge in [-0.05, 0) is 38.1 Å². The maximum Gasteiger partial charge on any atom is 0.259 e. The number of rotatable bonds is 2. The molecular weight excluding hydrogens is 273 g/mol. The summed E-state index contributed by atoms with van der Waals surface area (Å²) in [6, 6.07) is 5.55. The summed E-state index contributed by atoms with van der Waals surface area (Å²) in [5, 5.41) is 6.82. The van der Waals surface area contributed by atoms with Gasteiger partial charge in [0, 0.05) is 11.9 Å². The van der Waals surface area contributed by atoms with Gasteiger partial charge in [-0.15, -0.1) is 0 Å². The lowest BCUT2D eigenvalue weighted by Gasteiger charge is -2.07. The van der Waals surface area contributed by atoms with Gasteiger partial charge in [0.15, 0.2) is 0 Å². The fourth-order valence-corrected chi connectivity index (χ4v) is 1.96. The number of carbonyl (C=O) groups excluding carboxylic acids is 1. The van der Waals surface area contributed by atoms with Crippen LogP contribution in [-0.2, 0) is 0 Å². The summed E-state index contributed by atoms with van der Waals surface area (Å²) < 4.78 is 14.3. The Labute approximate surface area is 119 Å². The van der Waals surface area contributed by atoms with Gasteiger partial charge >= 0.3 is 0 Å². The number of hydrogen-bond acceptors (Lipinski definition) is 4. The number of anilines is 1. The van der Waals surface area contributed by atoms with E-state index in [4.69, 9.17) is 0 Å². The molecule has 0 bridgehead atoms. The van der Waals surface area contributed by atoms with E-state index >= 15 is 0 Å². The second kappa shape index (κ2) is 4.93. The smallest absolute Gasteiger partial charge is 0.259 e. The Morgan fingerprint density at radius 3 is 2.62 bits per heavy atom. The van der Waals surface area contributed by atoms with Crippen LogP contribution in [0.2, 0.25) is 0 Å². The minimum Gasteiger partial charge on any atom is -0.322 e. The molecule has 6 nitrogen and oxygen atoms in total. The molecule has 0 aliphatic heterocycles. The molecule has 1 N–H and O–H groups in total. The Morgan fingerprint density at radius 1 is 1.19 bits per heavy atom. The third-order valence-corrected chi connectivity index (χ3v) is 2.97. The molecule has 0 aliphatic carbocycles. The molecule has 21 heavy (non-hydrogen) atoms. The average molecular weight is 285 g/mol. The molecule has 106 valence electrons. The number of aryl methyl sites for hydroxylation is 2. The number of aromatic nitrogens is 4. The molecule has 2 heterocycles. The van der Waals surface area contributed by atoms with Gasteiger partial charge in [-0.1, -0.05) is 0 Å². The number of fused-ring (bicyclic) bond motifs is 1. The van der Waals surface area contributed by atoms with Gasteiger partial charge in [0.1, 0.15) is 11.6 Å². The Hall–Kier alpha value is -2.83. The normalized spacial score (nSPS) is 10.8. The van der Waals surface area contributed by atoms with Gasteiger partial charge in [0.25, 0.3) is 11.7 Å². The van der Waals surface area contributed by atoms with E-state index in [1.54, 1.807) is 20.0 Å². The van der Waals surface area contributed by atoms with Gasteiger partial charge in [0.2, 0.25) is 0 Å². The summed E-state index contributed by atoms with van der Waals surface area (Å²) in [7, 11) is 0. The predicted octanol–water partition coefficient (Wildman–Crippen LogP) is 2.13. The van der Waals surface area contributed by atoms with Gasteiger partial charge in [0.05, 0.1) is 11.3 Å². The number of nitrogens with zero attached hydrogens (tertiary/aromatic N) is 4. The fourth-order valence-electron chi connectivity index (χ4n) is 1.96. The van der Waals surface area contributed by atoms with E-state index < -0.39 is 0 Å². The lowest BCUT2D eigenvalue weighted by atomic mass is 10.2. The van der Waals surface area contributed by atoms with Crippen molar-refractivity contribution in [2.45, 2.75) is 13.8 Å². The molecule has 0 saturated carbocycles. The second-order valence-electron chi connectivity index (χ2n) is 4.60. The van der Waals surface area contributed by atoms with Crippen molar-refractivity contribution in [3.63, 3.8) is 0 Å². The summed E-state index contributed by atoms with van der Waals surface area (Å²) in [5.74, 6) is 0.341. The molecule has 0 aliphatic rings. The van der Waals surface area contributed by atoms with Crippen LogP contribution < -0.4 is 5.32 Å². The molecular formula is C14H12FN5O. The van der Waals surface area contributed by atoms with Gasteiger partial charge in [-0.25, -0.2) is 13.9 Å². The summed E-state index contributed by atoms with van der Waals surface area (Å²) >= 11 is 0. The second-order valence-corrected chi connectivity index (χ2v) is 4.60. The largest absolute Gasteiger partial charge is 0.322 e. The van der Waals surface area contributed by atoms with Crippen LogP contribution in [0.4, 0.5) is 10.1 Å². The molecule has 0 saturated heterocycles. The predicted molar refractivity (Wildman–Crippen MR) is 74.6 cm³/mol. The summed E-state index contributed by atoms with van der Waals surface area (Å²) in [4.78, 5) is 20.6. The molecule has 1 amide bonds. The Kier molecular flexibility index (Phi) is 3.09. The number of amides is 1. The third-order valence-electron chi connectivity index (χ3n) is 2.97. The highest BCUT2D eigenvalue weighted by Gasteiger charge is 2.13. The summed E-state index contributed by atoms with van der Waals surface area (Å²) in [5.41, 5.74) is 1.45. The zero-order valence-electron chi connectivity index (χ0n) is 11.5. The first-order chi connectivity index (χ1) is 10.0. The van der Waals surface area contributed by atoms with Gasteiger partial charge in [-0.2, -0.15) is 10.1 Å². The molecule has 3 rings (SSSR count). The SMILES string of the molecule is Cc1nc2nc(C)c(C(=O)Nc3ccc(F)cc3)cn2n1. The molecule has 1 aromatic carbocycles. The minimum absolute atomic E-state index is 0.332. The lowest BCUT2D eigenvalue weighted by molar-refractivity contribution is 0.102. The van der Waals surface area contributed by atoms with Crippen LogP contribution in [-0.4, -0.2) is 25.5 Å². The van der Waals surface area contributed by atoms with Crippen LogP contribution in [0.1, 0.15) is 21.9 Å². The van der Waals surface area contributed by atoms with E-state index in [1.165, 1.54) is 28.8 Å². The first-order valence-corrected chi connectivity index (χ1v) is 6.30.